The number of amides is 1. The standard InChI is InChI=1S/C18H28N2O/c1-5-19-18(21)17-14(12(2)3)10-9-13(4)16(17)15-8-6-7-11-20-15/h6-8,11-14,16-17H,5,9-10H2,1-4H3,(H,19,21)/t13?,14?,16?,17-/m1/s1. The largest absolute Gasteiger partial charge is 0.356 e. The van der Waals surface area contributed by atoms with Gasteiger partial charge in [0.15, 0.2) is 0 Å². The number of pyridine rings is 1. The molecule has 0 spiro atoms. The highest BCUT2D eigenvalue weighted by Crippen LogP contribution is 2.46. The van der Waals surface area contributed by atoms with E-state index in [4.69, 9.17) is 0 Å². The van der Waals surface area contributed by atoms with Crippen molar-refractivity contribution in [2.75, 3.05) is 6.54 Å². The van der Waals surface area contributed by atoms with Crippen molar-refractivity contribution >= 4 is 5.91 Å². The van der Waals surface area contributed by atoms with Crippen LogP contribution in [0.2, 0.25) is 0 Å². The molecule has 1 aliphatic carbocycles. The Hall–Kier alpha value is -1.38. The van der Waals surface area contributed by atoms with Crippen LogP contribution in [0.1, 0.15) is 52.1 Å². The Morgan fingerprint density at radius 3 is 2.71 bits per heavy atom. The molecule has 3 nitrogen and oxygen atoms in total. The molecule has 1 N–H and O–H groups in total. The third kappa shape index (κ3) is 3.45. The van der Waals surface area contributed by atoms with E-state index in [0.717, 1.165) is 12.1 Å². The van der Waals surface area contributed by atoms with Crippen molar-refractivity contribution in [1.29, 1.82) is 0 Å². The molecule has 1 heterocycles. The SMILES string of the molecule is CCNC(=O)[C@@H]1C(C(C)C)CCC(C)C1c1ccccn1. The van der Waals surface area contributed by atoms with Crippen LogP contribution in [0, 0.1) is 23.7 Å². The van der Waals surface area contributed by atoms with Gasteiger partial charge >= 0.3 is 0 Å². The molecule has 1 aromatic rings. The van der Waals surface area contributed by atoms with Gasteiger partial charge in [-0.15, -0.1) is 0 Å². The molecule has 2 rings (SSSR count). The van der Waals surface area contributed by atoms with Gasteiger partial charge in [0.1, 0.15) is 0 Å². The minimum atomic E-state index is 0.0450. The van der Waals surface area contributed by atoms with Gasteiger partial charge in [-0.3, -0.25) is 9.78 Å². The highest BCUT2D eigenvalue weighted by molar-refractivity contribution is 5.80. The Kier molecular flexibility index (Phi) is 5.38. The highest BCUT2D eigenvalue weighted by Gasteiger charge is 2.43. The van der Waals surface area contributed by atoms with E-state index in [9.17, 15) is 4.79 Å². The highest BCUT2D eigenvalue weighted by atomic mass is 16.1. The summed E-state index contributed by atoms with van der Waals surface area (Å²) in [5.74, 6) is 1.96. The normalized spacial score (nSPS) is 29.4. The Balaban J connectivity index is 2.38. The lowest BCUT2D eigenvalue weighted by atomic mass is 9.62. The number of hydrogen-bond donors (Lipinski definition) is 1. The summed E-state index contributed by atoms with van der Waals surface area (Å²) in [6.07, 6.45) is 4.17. The molecule has 0 bridgehead atoms. The van der Waals surface area contributed by atoms with E-state index in [2.05, 4.69) is 37.1 Å². The van der Waals surface area contributed by atoms with E-state index in [-0.39, 0.29) is 17.7 Å². The average Bonchev–Trinajstić information content (AvgIpc) is 2.47. The first-order chi connectivity index (χ1) is 10.1. The van der Waals surface area contributed by atoms with Crippen LogP contribution in [0.3, 0.4) is 0 Å². The first kappa shape index (κ1) is 16.0. The van der Waals surface area contributed by atoms with E-state index in [1.165, 1.54) is 6.42 Å². The summed E-state index contributed by atoms with van der Waals surface area (Å²) in [6, 6.07) is 6.05. The minimum absolute atomic E-state index is 0.0450. The van der Waals surface area contributed by atoms with Gasteiger partial charge in [-0.2, -0.15) is 0 Å². The molecule has 4 atom stereocenters. The molecule has 116 valence electrons. The Labute approximate surface area is 128 Å². The number of carbonyl (C=O) groups is 1. The third-order valence-electron chi connectivity index (χ3n) is 4.96. The maximum atomic E-state index is 12.7. The maximum Gasteiger partial charge on any atom is 0.224 e. The number of rotatable bonds is 4. The van der Waals surface area contributed by atoms with Crippen LogP contribution in [-0.4, -0.2) is 17.4 Å². The zero-order valence-electron chi connectivity index (χ0n) is 13.7. The summed E-state index contributed by atoms with van der Waals surface area (Å²) < 4.78 is 0. The summed E-state index contributed by atoms with van der Waals surface area (Å²) in [7, 11) is 0. The second-order valence-electron chi connectivity index (χ2n) is 6.66. The second kappa shape index (κ2) is 7.06. The molecule has 0 radical (unpaired) electrons. The lowest BCUT2D eigenvalue weighted by Crippen LogP contribution is -2.45. The summed E-state index contributed by atoms with van der Waals surface area (Å²) in [6.45, 7) is 9.43. The number of nitrogens with zero attached hydrogens (tertiary/aromatic N) is 1. The van der Waals surface area contributed by atoms with Gasteiger partial charge in [0.2, 0.25) is 5.91 Å². The molecule has 0 saturated heterocycles. The molecule has 1 amide bonds. The summed E-state index contributed by atoms with van der Waals surface area (Å²) >= 11 is 0. The predicted octanol–water partition coefficient (Wildman–Crippen LogP) is 3.62. The molecule has 21 heavy (non-hydrogen) atoms. The zero-order chi connectivity index (χ0) is 15.4. The van der Waals surface area contributed by atoms with Crippen molar-refractivity contribution in [3.05, 3.63) is 30.1 Å². The Morgan fingerprint density at radius 2 is 2.14 bits per heavy atom. The zero-order valence-corrected chi connectivity index (χ0v) is 13.7. The van der Waals surface area contributed by atoms with Crippen molar-refractivity contribution in [1.82, 2.24) is 10.3 Å². The molecule has 1 saturated carbocycles. The summed E-state index contributed by atoms with van der Waals surface area (Å²) in [4.78, 5) is 17.3. The van der Waals surface area contributed by atoms with Crippen LogP contribution in [0.4, 0.5) is 0 Å². The fraction of sp³-hybridized carbons (Fsp3) is 0.667. The van der Waals surface area contributed by atoms with Gasteiger partial charge in [-0.1, -0.05) is 26.8 Å². The smallest absolute Gasteiger partial charge is 0.224 e. The van der Waals surface area contributed by atoms with Crippen LogP contribution in [0.5, 0.6) is 0 Å². The molecule has 1 aliphatic rings. The van der Waals surface area contributed by atoms with E-state index in [0.29, 0.717) is 24.3 Å². The van der Waals surface area contributed by atoms with Gasteiger partial charge in [0.25, 0.3) is 0 Å². The lowest BCUT2D eigenvalue weighted by Gasteiger charge is -2.42. The topological polar surface area (TPSA) is 42.0 Å². The van der Waals surface area contributed by atoms with Crippen LogP contribution in [-0.2, 0) is 4.79 Å². The van der Waals surface area contributed by atoms with Crippen molar-refractivity contribution in [3.63, 3.8) is 0 Å². The number of nitrogens with one attached hydrogen (secondary N) is 1. The maximum absolute atomic E-state index is 12.7. The van der Waals surface area contributed by atoms with Crippen molar-refractivity contribution in [2.24, 2.45) is 23.7 Å². The minimum Gasteiger partial charge on any atom is -0.356 e. The Bertz CT molecular complexity index is 458. The Morgan fingerprint density at radius 1 is 1.38 bits per heavy atom. The molecular weight excluding hydrogens is 260 g/mol. The molecule has 3 heteroatoms. The van der Waals surface area contributed by atoms with Crippen molar-refractivity contribution in [2.45, 2.75) is 46.5 Å². The molecule has 0 aliphatic heterocycles. The monoisotopic (exact) mass is 288 g/mol. The van der Waals surface area contributed by atoms with E-state index < -0.39 is 0 Å². The first-order valence-corrected chi connectivity index (χ1v) is 8.24. The van der Waals surface area contributed by atoms with Gasteiger partial charge in [-0.25, -0.2) is 0 Å². The fourth-order valence-corrected chi connectivity index (χ4v) is 3.88. The summed E-state index contributed by atoms with van der Waals surface area (Å²) in [5, 5.41) is 3.05. The molecule has 0 aromatic carbocycles. The molecule has 1 aromatic heterocycles. The number of hydrogen-bond acceptors (Lipinski definition) is 2. The summed E-state index contributed by atoms with van der Waals surface area (Å²) in [5.41, 5.74) is 1.08. The van der Waals surface area contributed by atoms with Gasteiger partial charge in [-0.05, 0) is 49.7 Å². The van der Waals surface area contributed by atoms with E-state index in [1.54, 1.807) is 0 Å². The first-order valence-electron chi connectivity index (χ1n) is 8.24. The van der Waals surface area contributed by atoms with Gasteiger partial charge in [0.05, 0.1) is 0 Å². The quantitative estimate of drug-likeness (QED) is 0.919. The molecule has 3 unspecified atom stereocenters. The molecule has 1 fully saturated rings. The van der Waals surface area contributed by atoms with Crippen LogP contribution in [0.25, 0.3) is 0 Å². The van der Waals surface area contributed by atoms with Gasteiger partial charge < -0.3 is 5.32 Å². The van der Waals surface area contributed by atoms with Crippen LogP contribution < -0.4 is 5.32 Å². The fourth-order valence-electron chi connectivity index (χ4n) is 3.88. The van der Waals surface area contributed by atoms with Crippen LogP contribution in [0.15, 0.2) is 24.4 Å². The molecular formula is C18H28N2O. The number of aromatic nitrogens is 1. The van der Waals surface area contributed by atoms with Crippen molar-refractivity contribution < 1.29 is 4.79 Å². The van der Waals surface area contributed by atoms with Gasteiger partial charge in [0, 0.05) is 30.3 Å². The lowest BCUT2D eigenvalue weighted by molar-refractivity contribution is -0.130. The predicted molar refractivity (Wildman–Crippen MR) is 85.9 cm³/mol. The second-order valence-corrected chi connectivity index (χ2v) is 6.66. The number of carbonyl (C=O) groups excluding carboxylic acids is 1. The third-order valence-corrected chi connectivity index (χ3v) is 4.96. The van der Waals surface area contributed by atoms with Crippen LogP contribution >= 0.6 is 0 Å². The van der Waals surface area contributed by atoms with E-state index >= 15 is 0 Å². The van der Waals surface area contributed by atoms with E-state index in [1.807, 2.05) is 25.3 Å². The van der Waals surface area contributed by atoms with Crippen molar-refractivity contribution in [3.8, 4) is 0 Å². The average molecular weight is 288 g/mol.